The summed E-state index contributed by atoms with van der Waals surface area (Å²) in [6.07, 6.45) is -4.51. The van der Waals surface area contributed by atoms with Crippen LogP contribution in [0.5, 0.6) is 5.75 Å². The molecule has 1 fully saturated rings. The number of aryl methyl sites for hydroxylation is 1. The molecule has 2 aromatic rings. The van der Waals surface area contributed by atoms with Crippen LogP contribution in [0, 0.1) is 6.92 Å². The van der Waals surface area contributed by atoms with E-state index in [0.29, 0.717) is 43.7 Å². The maximum atomic E-state index is 13.2. The Morgan fingerprint density at radius 1 is 1.16 bits per heavy atom. The average Bonchev–Trinajstić information content (AvgIpc) is 2.73. The molecule has 0 radical (unpaired) electrons. The largest absolute Gasteiger partial charge is 0.483 e. The van der Waals surface area contributed by atoms with Gasteiger partial charge in [0.05, 0.1) is 30.2 Å². The standard InChI is InChI=1S/C23H27F3N2O3/c1-15(2)17-5-4-16(3)21(12-17)31-14-22(29)27-19-13-18(23(24,25)26)6-7-20(19)28-8-10-30-11-9-28/h4-7,12-13,15H,8-11,14H2,1-3H3,(H,27,29). The van der Waals surface area contributed by atoms with Gasteiger partial charge in [0.15, 0.2) is 6.61 Å². The number of alkyl halides is 3. The van der Waals surface area contributed by atoms with E-state index in [2.05, 4.69) is 19.2 Å². The topological polar surface area (TPSA) is 50.8 Å². The van der Waals surface area contributed by atoms with E-state index in [1.165, 1.54) is 6.07 Å². The van der Waals surface area contributed by atoms with Gasteiger partial charge in [0, 0.05) is 13.1 Å². The van der Waals surface area contributed by atoms with E-state index in [-0.39, 0.29) is 12.3 Å². The smallest absolute Gasteiger partial charge is 0.416 e. The molecular weight excluding hydrogens is 409 g/mol. The van der Waals surface area contributed by atoms with Crippen LogP contribution in [0.1, 0.15) is 36.5 Å². The van der Waals surface area contributed by atoms with Crippen molar-refractivity contribution in [1.29, 1.82) is 0 Å². The van der Waals surface area contributed by atoms with Gasteiger partial charge < -0.3 is 19.7 Å². The lowest BCUT2D eigenvalue weighted by atomic mass is 10.0. The molecule has 0 aliphatic carbocycles. The lowest BCUT2D eigenvalue weighted by molar-refractivity contribution is -0.137. The number of hydrogen-bond donors (Lipinski definition) is 1. The van der Waals surface area contributed by atoms with E-state index in [0.717, 1.165) is 23.3 Å². The minimum absolute atomic E-state index is 0.109. The number of ether oxygens (including phenoxy) is 2. The molecule has 0 spiro atoms. The molecule has 1 N–H and O–H groups in total. The van der Waals surface area contributed by atoms with Crippen molar-refractivity contribution in [2.45, 2.75) is 32.9 Å². The van der Waals surface area contributed by atoms with Gasteiger partial charge in [0.25, 0.3) is 5.91 Å². The van der Waals surface area contributed by atoms with Crippen molar-refractivity contribution in [3.05, 3.63) is 53.1 Å². The number of rotatable bonds is 6. The molecule has 5 nitrogen and oxygen atoms in total. The normalized spacial score (nSPS) is 14.6. The summed E-state index contributed by atoms with van der Waals surface area (Å²) in [6.45, 7) is 7.70. The van der Waals surface area contributed by atoms with E-state index in [9.17, 15) is 18.0 Å². The first-order valence-corrected chi connectivity index (χ1v) is 10.2. The Bertz CT molecular complexity index is 923. The fourth-order valence-corrected chi connectivity index (χ4v) is 3.35. The number of hydrogen-bond acceptors (Lipinski definition) is 4. The summed E-state index contributed by atoms with van der Waals surface area (Å²) in [5.41, 5.74) is 1.78. The fourth-order valence-electron chi connectivity index (χ4n) is 3.35. The number of anilines is 2. The van der Waals surface area contributed by atoms with E-state index in [1.807, 2.05) is 30.0 Å². The molecule has 3 rings (SSSR count). The Morgan fingerprint density at radius 2 is 1.87 bits per heavy atom. The van der Waals surface area contributed by atoms with Crippen molar-refractivity contribution < 1.29 is 27.4 Å². The first-order chi connectivity index (χ1) is 14.6. The Balaban J connectivity index is 1.77. The van der Waals surface area contributed by atoms with E-state index < -0.39 is 17.6 Å². The van der Waals surface area contributed by atoms with Gasteiger partial charge >= 0.3 is 6.18 Å². The number of amides is 1. The molecule has 0 bridgehead atoms. The highest BCUT2D eigenvalue weighted by Gasteiger charge is 2.32. The van der Waals surface area contributed by atoms with Gasteiger partial charge in [0.1, 0.15) is 5.75 Å². The van der Waals surface area contributed by atoms with E-state index >= 15 is 0 Å². The zero-order valence-corrected chi connectivity index (χ0v) is 17.9. The van der Waals surface area contributed by atoms with Gasteiger partial charge in [-0.2, -0.15) is 13.2 Å². The number of nitrogens with zero attached hydrogens (tertiary/aromatic N) is 1. The number of carbonyl (C=O) groups excluding carboxylic acids is 1. The van der Waals surface area contributed by atoms with Gasteiger partial charge in [0.2, 0.25) is 0 Å². The summed E-state index contributed by atoms with van der Waals surface area (Å²) in [7, 11) is 0. The van der Waals surface area contributed by atoms with Crippen LogP contribution in [0.15, 0.2) is 36.4 Å². The molecule has 0 aromatic heterocycles. The molecule has 2 aromatic carbocycles. The zero-order valence-electron chi connectivity index (χ0n) is 17.9. The molecule has 8 heteroatoms. The Morgan fingerprint density at radius 3 is 2.52 bits per heavy atom. The third-order valence-corrected chi connectivity index (χ3v) is 5.19. The minimum atomic E-state index is -4.51. The third kappa shape index (κ3) is 5.91. The van der Waals surface area contributed by atoms with Crippen molar-refractivity contribution in [3.63, 3.8) is 0 Å². The molecule has 1 saturated heterocycles. The number of morpholine rings is 1. The maximum absolute atomic E-state index is 13.2. The van der Waals surface area contributed by atoms with Gasteiger partial charge in [-0.1, -0.05) is 26.0 Å². The maximum Gasteiger partial charge on any atom is 0.416 e. The number of nitrogens with one attached hydrogen (secondary N) is 1. The fraction of sp³-hybridized carbons (Fsp3) is 0.435. The quantitative estimate of drug-likeness (QED) is 0.693. The second-order valence-corrected chi connectivity index (χ2v) is 7.85. The Labute approximate surface area is 180 Å². The molecule has 0 atom stereocenters. The van der Waals surface area contributed by atoms with Gasteiger partial charge in [-0.05, 0) is 48.2 Å². The van der Waals surface area contributed by atoms with Crippen LogP contribution in [-0.4, -0.2) is 38.8 Å². The Kier molecular flexibility index (Phi) is 7.10. The first kappa shape index (κ1) is 22.9. The summed E-state index contributed by atoms with van der Waals surface area (Å²) in [5.74, 6) is 0.361. The SMILES string of the molecule is Cc1ccc(C(C)C)cc1OCC(=O)Nc1cc(C(F)(F)F)ccc1N1CCOCC1. The van der Waals surface area contributed by atoms with Gasteiger partial charge in [-0.15, -0.1) is 0 Å². The van der Waals surface area contributed by atoms with Crippen molar-refractivity contribution in [2.75, 3.05) is 43.1 Å². The highest BCUT2D eigenvalue weighted by Crippen LogP contribution is 2.36. The van der Waals surface area contributed by atoms with Crippen LogP contribution in [0.25, 0.3) is 0 Å². The summed E-state index contributed by atoms with van der Waals surface area (Å²) in [5, 5.41) is 2.60. The molecule has 0 saturated carbocycles. The second kappa shape index (κ2) is 9.60. The molecule has 1 amide bonds. The first-order valence-electron chi connectivity index (χ1n) is 10.2. The average molecular weight is 436 g/mol. The van der Waals surface area contributed by atoms with Crippen LogP contribution >= 0.6 is 0 Å². The van der Waals surface area contributed by atoms with Gasteiger partial charge in [-0.25, -0.2) is 0 Å². The molecule has 1 aliphatic heterocycles. The summed E-state index contributed by atoms with van der Waals surface area (Å²) in [6, 6.07) is 9.19. The van der Waals surface area contributed by atoms with Crippen molar-refractivity contribution in [1.82, 2.24) is 0 Å². The van der Waals surface area contributed by atoms with Crippen molar-refractivity contribution in [3.8, 4) is 5.75 Å². The minimum Gasteiger partial charge on any atom is -0.483 e. The van der Waals surface area contributed by atoms with Crippen molar-refractivity contribution >= 4 is 17.3 Å². The third-order valence-electron chi connectivity index (χ3n) is 5.19. The zero-order chi connectivity index (χ0) is 22.6. The number of carbonyl (C=O) groups is 1. The highest BCUT2D eigenvalue weighted by atomic mass is 19.4. The number of benzene rings is 2. The van der Waals surface area contributed by atoms with Crippen LogP contribution in [0.4, 0.5) is 24.5 Å². The lowest BCUT2D eigenvalue weighted by Gasteiger charge is -2.31. The number of halogens is 3. The van der Waals surface area contributed by atoms with Crippen LogP contribution in [0.3, 0.4) is 0 Å². The predicted octanol–water partition coefficient (Wildman–Crippen LogP) is 4.99. The molecular formula is C23H27F3N2O3. The van der Waals surface area contributed by atoms with Crippen molar-refractivity contribution in [2.24, 2.45) is 0 Å². The molecule has 1 aliphatic rings. The summed E-state index contributed by atoms with van der Waals surface area (Å²) in [4.78, 5) is 14.5. The monoisotopic (exact) mass is 436 g/mol. The van der Waals surface area contributed by atoms with Gasteiger partial charge in [-0.3, -0.25) is 4.79 Å². The Hall–Kier alpha value is -2.74. The van der Waals surface area contributed by atoms with E-state index in [4.69, 9.17) is 9.47 Å². The second-order valence-electron chi connectivity index (χ2n) is 7.85. The molecule has 168 valence electrons. The summed E-state index contributed by atoms with van der Waals surface area (Å²) >= 11 is 0. The van der Waals surface area contributed by atoms with Crippen LogP contribution in [0.2, 0.25) is 0 Å². The molecule has 1 heterocycles. The molecule has 0 unspecified atom stereocenters. The van der Waals surface area contributed by atoms with Crippen LogP contribution < -0.4 is 15.0 Å². The van der Waals surface area contributed by atoms with E-state index in [1.54, 1.807) is 0 Å². The molecule has 31 heavy (non-hydrogen) atoms. The lowest BCUT2D eigenvalue weighted by Crippen LogP contribution is -2.37. The highest BCUT2D eigenvalue weighted by molar-refractivity contribution is 5.95. The predicted molar refractivity (Wildman–Crippen MR) is 114 cm³/mol. The summed E-state index contributed by atoms with van der Waals surface area (Å²) < 4.78 is 50.7. The van der Waals surface area contributed by atoms with Crippen LogP contribution in [-0.2, 0) is 15.7 Å².